The van der Waals surface area contributed by atoms with Crippen LogP contribution in [-0.2, 0) is 25.7 Å². The SMILES string of the molecule is O=S(=O)(O)OCC1OC(Oc2cc(CCO)ccc2O)C(O)C(O)C1O. The van der Waals surface area contributed by atoms with E-state index in [0.717, 1.165) is 0 Å². The van der Waals surface area contributed by atoms with Gasteiger partial charge in [-0.05, 0) is 24.1 Å². The van der Waals surface area contributed by atoms with Crippen LogP contribution >= 0.6 is 0 Å². The number of phenols is 1. The molecule has 1 heterocycles. The molecule has 0 aliphatic carbocycles. The number of hydrogen-bond acceptors (Lipinski definition) is 10. The second-order valence-corrected chi connectivity index (χ2v) is 6.71. The molecule has 12 heteroatoms. The first-order chi connectivity index (χ1) is 12.1. The molecule has 0 saturated carbocycles. The van der Waals surface area contributed by atoms with Gasteiger partial charge in [0.05, 0.1) is 6.61 Å². The fourth-order valence-corrected chi connectivity index (χ4v) is 2.67. The van der Waals surface area contributed by atoms with Crippen LogP contribution in [0.3, 0.4) is 0 Å². The molecule has 1 fully saturated rings. The molecule has 0 bridgehead atoms. The lowest BCUT2D eigenvalue weighted by atomic mass is 9.99. The Morgan fingerprint density at radius 1 is 1.12 bits per heavy atom. The zero-order chi connectivity index (χ0) is 19.5. The van der Waals surface area contributed by atoms with E-state index in [0.29, 0.717) is 5.56 Å². The van der Waals surface area contributed by atoms with Gasteiger partial charge in [-0.25, -0.2) is 4.18 Å². The molecule has 1 saturated heterocycles. The molecule has 5 atom stereocenters. The van der Waals surface area contributed by atoms with Gasteiger partial charge in [0.2, 0.25) is 6.29 Å². The summed E-state index contributed by atoms with van der Waals surface area (Å²) in [7, 11) is -4.81. The summed E-state index contributed by atoms with van der Waals surface area (Å²) >= 11 is 0. The minimum Gasteiger partial charge on any atom is -0.504 e. The Morgan fingerprint density at radius 3 is 2.42 bits per heavy atom. The van der Waals surface area contributed by atoms with Gasteiger partial charge in [0, 0.05) is 6.61 Å². The minimum atomic E-state index is -4.81. The molecule has 0 spiro atoms. The second-order valence-electron chi connectivity index (χ2n) is 5.62. The molecule has 26 heavy (non-hydrogen) atoms. The summed E-state index contributed by atoms with van der Waals surface area (Å²) in [5.41, 5.74) is 0.609. The number of phenolic OH excluding ortho intramolecular Hbond substituents is 1. The van der Waals surface area contributed by atoms with E-state index in [2.05, 4.69) is 4.18 Å². The predicted octanol–water partition coefficient (Wildman–Crippen LogP) is -2.07. The Morgan fingerprint density at radius 2 is 1.81 bits per heavy atom. The molecule has 1 aliphatic heterocycles. The molecular formula is C14H20O11S. The van der Waals surface area contributed by atoms with Crippen molar-refractivity contribution in [1.29, 1.82) is 0 Å². The average Bonchev–Trinajstić information content (AvgIpc) is 2.56. The van der Waals surface area contributed by atoms with Crippen LogP contribution < -0.4 is 4.74 Å². The van der Waals surface area contributed by atoms with Gasteiger partial charge < -0.3 is 35.0 Å². The van der Waals surface area contributed by atoms with E-state index in [4.69, 9.17) is 19.1 Å². The third kappa shape index (κ3) is 5.25. The molecular weight excluding hydrogens is 376 g/mol. The van der Waals surface area contributed by atoms with Crippen molar-refractivity contribution in [2.75, 3.05) is 13.2 Å². The van der Waals surface area contributed by atoms with Crippen molar-refractivity contribution in [3.8, 4) is 11.5 Å². The Labute approximate surface area is 148 Å². The lowest BCUT2D eigenvalue weighted by molar-refractivity contribution is -0.276. The van der Waals surface area contributed by atoms with Gasteiger partial charge in [-0.1, -0.05) is 6.07 Å². The van der Waals surface area contributed by atoms with E-state index < -0.39 is 47.7 Å². The summed E-state index contributed by atoms with van der Waals surface area (Å²) < 4.78 is 44.5. The maximum atomic E-state index is 10.6. The molecule has 11 nitrogen and oxygen atoms in total. The Balaban J connectivity index is 2.15. The molecule has 0 amide bonds. The third-order valence-corrected chi connectivity index (χ3v) is 4.15. The van der Waals surface area contributed by atoms with Crippen molar-refractivity contribution in [3.05, 3.63) is 23.8 Å². The van der Waals surface area contributed by atoms with Crippen molar-refractivity contribution in [3.63, 3.8) is 0 Å². The summed E-state index contributed by atoms with van der Waals surface area (Å²) in [6.07, 6.45) is -7.99. The van der Waals surface area contributed by atoms with E-state index in [1.54, 1.807) is 0 Å². The second kappa shape index (κ2) is 8.45. The standard InChI is InChI=1S/C14H20O11S/c15-4-3-7-1-2-8(16)9(5-7)24-14-13(19)12(18)11(17)10(25-14)6-23-26(20,21)22/h1-2,5,10-19H,3-4,6H2,(H,20,21,22). The van der Waals surface area contributed by atoms with Crippen LogP contribution in [0.25, 0.3) is 0 Å². The zero-order valence-electron chi connectivity index (χ0n) is 13.4. The van der Waals surface area contributed by atoms with E-state index in [9.17, 15) is 28.8 Å². The van der Waals surface area contributed by atoms with Crippen molar-refractivity contribution < 1.29 is 52.2 Å². The van der Waals surface area contributed by atoms with E-state index >= 15 is 0 Å². The Hall–Kier alpha value is -1.51. The van der Waals surface area contributed by atoms with Gasteiger partial charge in [-0.15, -0.1) is 0 Å². The van der Waals surface area contributed by atoms with Crippen molar-refractivity contribution in [1.82, 2.24) is 0 Å². The fraction of sp³-hybridized carbons (Fsp3) is 0.571. The lowest BCUT2D eigenvalue weighted by Crippen LogP contribution is -2.60. The van der Waals surface area contributed by atoms with Gasteiger partial charge in [0.1, 0.15) is 24.4 Å². The fourth-order valence-electron chi connectivity index (χ4n) is 2.37. The van der Waals surface area contributed by atoms with Crippen LogP contribution in [0.4, 0.5) is 0 Å². The van der Waals surface area contributed by atoms with Gasteiger partial charge in [0.25, 0.3) is 0 Å². The van der Waals surface area contributed by atoms with Crippen LogP contribution in [0.1, 0.15) is 5.56 Å². The molecule has 148 valence electrons. The average molecular weight is 396 g/mol. The lowest BCUT2D eigenvalue weighted by Gasteiger charge is -2.39. The maximum absolute atomic E-state index is 10.6. The van der Waals surface area contributed by atoms with Crippen LogP contribution in [0.15, 0.2) is 18.2 Å². The van der Waals surface area contributed by atoms with Crippen LogP contribution in [-0.4, -0.2) is 82.4 Å². The van der Waals surface area contributed by atoms with Crippen molar-refractivity contribution in [2.45, 2.75) is 37.1 Å². The maximum Gasteiger partial charge on any atom is 0.397 e. The molecule has 6 N–H and O–H groups in total. The highest BCUT2D eigenvalue weighted by molar-refractivity contribution is 7.80. The Bertz CT molecular complexity index is 707. The number of aromatic hydroxyl groups is 1. The normalized spacial score (nSPS) is 29.5. The van der Waals surface area contributed by atoms with E-state index in [1.807, 2.05) is 0 Å². The van der Waals surface area contributed by atoms with Crippen LogP contribution in [0, 0.1) is 0 Å². The van der Waals surface area contributed by atoms with Crippen molar-refractivity contribution >= 4 is 10.4 Å². The molecule has 5 unspecified atom stereocenters. The number of benzene rings is 1. The molecule has 2 rings (SSSR count). The highest BCUT2D eigenvalue weighted by Gasteiger charge is 2.45. The highest BCUT2D eigenvalue weighted by atomic mass is 32.3. The summed E-state index contributed by atoms with van der Waals surface area (Å²) in [6, 6.07) is 4.21. The topological polar surface area (TPSA) is 183 Å². The first kappa shape index (κ1) is 20.8. The molecule has 1 aliphatic rings. The number of hydrogen-bond donors (Lipinski definition) is 6. The Kier molecular flexibility index (Phi) is 6.76. The largest absolute Gasteiger partial charge is 0.504 e. The summed E-state index contributed by atoms with van der Waals surface area (Å²) in [4.78, 5) is 0. The number of aliphatic hydroxyl groups is 4. The number of ether oxygens (including phenoxy) is 2. The first-order valence-corrected chi connectivity index (χ1v) is 8.90. The number of aliphatic hydroxyl groups excluding tert-OH is 4. The molecule has 0 radical (unpaired) electrons. The summed E-state index contributed by atoms with van der Waals surface area (Å²) in [5.74, 6) is -0.438. The summed E-state index contributed by atoms with van der Waals surface area (Å²) in [6.45, 7) is -0.993. The third-order valence-electron chi connectivity index (χ3n) is 3.72. The van der Waals surface area contributed by atoms with E-state index in [-0.39, 0.29) is 24.5 Å². The quantitative estimate of drug-likeness (QED) is 0.278. The van der Waals surface area contributed by atoms with Gasteiger partial charge in [-0.2, -0.15) is 8.42 Å². The van der Waals surface area contributed by atoms with Gasteiger partial charge >= 0.3 is 10.4 Å². The summed E-state index contributed by atoms with van der Waals surface area (Å²) in [5, 5.41) is 48.5. The van der Waals surface area contributed by atoms with E-state index in [1.165, 1.54) is 18.2 Å². The predicted molar refractivity (Wildman–Crippen MR) is 83.7 cm³/mol. The monoisotopic (exact) mass is 396 g/mol. The zero-order valence-corrected chi connectivity index (χ0v) is 14.2. The van der Waals surface area contributed by atoms with Crippen LogP contribution in [0.5, 0.6) is 11.5 Å². The first-order valence-electron chi connectivity index (χ1n) is 7.53. The van der Waals surface area contributed by atoms with Crippen LogP contribution in [0.2, 0.25) is 0 Å². The van der Waals surface area contributed by atoms with Crippen molar-refractivity contribution in [2.24, 2.45) is 0 Å². The van der Waals surface area contributed by atoms with Gasteiger partial charge in [-0.3, -0.25) is 4.55 Å². The van der Waals surface area contributed by atoms with Gasteiger partial charge in [0.15, 0.2) is 11.5 Å². The highest BCUT2D eigenvalue weighted by Crippen LogP contribution is 2.31. The minimum absolute atomic E-state index is 0.127. The molecule has 0 aromatic heterocycles. The molecule has 1 aromatic carbocycles. The smallest absolute Gasteiger partial charge is 0.397 e. The molecule has 1 aromatic rings. The number of rotatable bonds is 7.